The molecule has 8 heavy (non-hydrogen) atoms. The summed E-state index contributed by atoms with van der Waals surface area (Å²) >= 11 is 0. The molecule has 0 aromatic heterocycles. The first-order valence-corrected chi connectivity index (χ1v) is 2.80. The lowest BCUT2D eigenvalue weighted by Crippen LogP contribution is -2.17. The fourth-order valence-corrected chi connectivity index (χ4v) is 0.855. The number of rotatable bonds is 1. The van der Waals surface area contributed by atoms with E-state index in [9.17, 15) is 5.11 Å². The summed E-state index contributed by atoms with van der Waals surface area (Å²) in [6, 6.07) is 0. The molecule has 1 N–H and O–H groups in total. The van der Waals surface area contributed by atoms with Crippen molar-refractivity contribution in [2.75, 3.05) is 0 Å². The van der Waals surface area contributed by atoms with Crippen LogP contribution in [-0.2, 0) is 0 Å². The van der Waals surface area contributed by atoms with Gasteiger partial charge < -0.3 is 5.11 Å². The highest BCUT2D eigenvalue weighted by atomic mass is 16.3. The van der Waals surface area contributed by atoms with Gasteiger partial charge >= 0.3 is 0 Å². The average Bonchev–Trinajstić information content (AvgIpc) is 2.17. The van der Waals surface area contributed by atoms with Crippen LogP contribution in [0.2, 0.25) is 0 Å². The Morgan fingerprint density at radius 1 is 1.75 bits per heavy atom. The van der Waals surface area contributed by atoms with Crippen LogP contribution in [0.15, 0.2) is 24.8 Å². The second-order valence-electron chi connectivity index (χ2n) is 2.14. The lowest BCUT2D eigenvalue weighted by Gasteiger charge is -2.12. The summed E-state index contributed by atoms with van der Waals surface area (Å²) in [4.78, 5) is 0. The fourth-order valence-electron chi connectivity index (χ4n) is 0.855. The third kappa shape index (κ3) is 0.819. The van der Waals surface area contributed by atoms with Crippen LogP contribution >= 0.6 is 0 Å². The molecule has 1 aliphatic carbocycles. The van der Waals surface area contributed by atoms with Gasteiger partial charge in [0.25, 0.3) is 0 Å². The van der Waals surface area contributed by atoms with Crippen molar-refractivity contribution in [3.05, 3.63) is 24.8 Å². The van der Waals surface area contributed by atoms with Crippen molar-refractivity contribution in [3.63, 3.8) is 0 Å². The third-order valence-electron chi connectivity index (χ3n) is 1.47. The summed E-state index contributed by atoms with van der Waals surface area (Å²) in [5, 5.41) is 9.30. The molecule has 0 bridgehead atoms. The van der Waals surface area contributed by atoms with Crippen molar-refractivity contribution in [1.29, 1.82) is 0 Å². The summed E-state index contributed by atoms with van der Waals surface area (Å²) in [5.41, 5.74) is -0.681. The van der Waals surface area contributed by atoms with Crippen LogP contribution in [0.5, 0.6) is 0 Å². The molecule has 44 valence electrons. The number of aliphatic hydroxyl groups is 1. The minimum Gasteiger partial charge on any atom is -0.382 e. The van der Waals surface area contributed by atoms with Gasteiger partial charge in [-0.15, -0.1) is 0 Å². The van der Waals surface area contributed by atoms with Crippen molar-refractivity contribution in [3.8, 4) is 0 Å². The zero-order valence-corrected chi connectivity index (χ0v) is 4.80. The molecule has 0 saturated carbocycles. The summed E-state index contributed by atoms with van der Waals surface area (Å²) in [6.45, 7) is 3.51. The monoisotopic (exact) mass is 110 g/mol. The van der Waals surface area contributed by atoms with E-state index in [-0.39, 0.29) is 0 Å². The van der Waals surface area contributed by atoms with E-state index in [2.05, 4.69) is 6.58 Å². The molecular formula is C7H10O. The average molecular weight is 110 g/mol. The summed E-state index contributed by atoms with van der Waals surface area (Å²) in [5.74, 6) is 0. The lowest BCUT2D eigenvalue weighted by atomic mass is 10.1. The van der Waals surface area contributed by atoms with E-state index in [1.165, 1.54) is 0 Å². The Bertz CT molecular complexity index is 126. The summed E-state index contributed by atoms with van der Waals surface area (Å²) in [6.07, 6.45) is 7.12. The van der Waals surface area contributed by atoms with Crippen molar-refractivity contribution in [2.45, 2.75) is 18.4 Å². The van der Waals surface area contributed by atoms with Gasteiger partial charge in [0.05, 0.1) is 0 Å². The maximum atomic E-state index is 9.30. The molecule has 0 aromatic carbocycles. The number of hydrogen-bond donors (Lipinski definition) is 1. The molecule has 1 unspecified atom stereocenters. The van der Waals surface area contributed by atoms with E-state index in [1.807, 2.05) is 6.08 Å². The standard InChI is InChI=1S/C7H10O/c1-2-7(8)5-3-4-6-7/h2-3,5,8H,1,4,6H2. The Morgan fingerprint density at radius 2 is 2.50 bits per heavy atom. The molecule has 0 radical (unpaired) electrons. The van der Waals surface area contributed by atoms with Gasteiger partial charge in [-0.3, -0.25) is 0 Å². The van der Waals surface area contributed by atoms with Crippen molar-refractivity contribution < 1.29 is 5.11 Å². The van der Waals surface area contributed by atoms with E-state index in [1.54, 1.807) is 12.2 Å². The molecule has 1 heteroatoms. The molecule has 0 amide bonds. The fraction of sp³-hybridized carbons (Fsp3) is 0.429. The van der Waals surface area contributed by atoms with Gasteiger partial charge in [0.15, 0.2) is 0 Å². The van der Waals surface area contributed by atoms with E-state index in [0.29, 0.717) is 0 Å². The molecule has 1 atom stereocenters. The zero-order chi connectivity index (χ0) is 6.04. The molecule has 0 aliphatic heterocycles. The van der Waals surface area contributed by atoms with Gasteiger partial charge in [-0.25, -0.2) is 0 Å². The zero-order valence-electron chi connectivity index (χ0n) is 4.80. The van der Waals surface area contributed by atoms with Gasteiger partial charge in [0, 0.05) is 0 Å². The largest absolute Gasteiger partial charge is 0.382 e. The van der Waals surface area contributed by atoms with Crippen LogP contribution in [0.4, 0.5) is 0 Å². The Hall–Kier alpha value is -0.560. The van der Waals surface area contributed by atoms with E-state index in [4.69, 9.17) is 0 Å². The van der Waals surface area contributed by atoms with Crippen LogP contribution in [0, 0.1) is 0 Å². The quantitative estimate of drug-likeness (QED) is 0.504. The second kappa shape index (κ2) is 1.75. The molecular weight excluding hydrogens is 100 g/mol. The first-order chi connectivity index (χ1) is 3.77. The highest BCUT2D eigenvalue weighted by Crippen LogP contribution is 2.22. The van der Waals surface area contributed by atoms with Crippen LogP contribution in [0.25, 0.3) is 0 Å². The Kier molecular flexibility index (Phi) is 1.22. The minimum absolute atomic E-state index is 0.681. The summed E-state index contributed by atoms with van der Waals surface area (Å²) in [7, 11) is 0. The molecule has 1 aliphatic rings. The highest BCUT2D eigenvalue weighted by molar-refractivity contribution is 5.16. The van der Waals surface area contributed by atoms with Gasteiger partial charge in [0.1, 0.15) is 5.60 Å². The number of allylic oxidation sites excluding steroid dienone is 1. The summed E-state index contributed by atoms with van der Waals surface area (Å²) < 4.78 is 0. The maximum Gasteiger partial charge on any atom is 0.101 e. The van der Waals surface area contributed by atoms with Crippen molar-refractivity contribution in [2.24, 2.45) is 0 Å². The topological polar surface area (TPSA) is 20.2 Å². The van der Waals surface area contributed by atoms with Crippen molar-refractivity contribution >= 4 is 0 Å². The van der Waals surface area contributed by atoms with Gasteiger partial charge in [0.2, 0.25) is 0 Å². The minimum atomic E-state index is -0.681. The van der Waals surface area contributed by atoms with E-state index >= 15 is 0 Å². The second-order valence-corrected chi connectivity index (χ2v) is 2.14. The van der Waals surface area contributed by atoms with Gasteiger partial charge in [-0.2, -0.15) is 0 Å². The molecule has 1 rings (SSSR count). The predicted octanol–water partition coefficient (Wildman–Crippen LogP) is 1.25. The molecule has 0 saturated heterocycles. The molecule has 0 spiro atoms. The smallest absolute Gasteiger partial charge is 0.101 e. The van der Waals surface area contributed by atoms with Gasteiger partial charge in [-0.1, -0.05) is 24.8 Å². The van der Waals surface area contributed by atoms with Crippen molar-refractivity contribution in [1.82, 2.24) is 0 Å². The van der Waals surface area contributed by atoms with Gasteiger partial charge in [-0.05, 0) is 12.8 Å². The Balaban J connectivity index is 2.67. The first-order valence-electron chi connectivity index (χ1n) is 2.80. The normalized spacial score (nSPS) is 35.6. The number of hydrogen-bond acceptors (Lipinski definition) is 1. The lowest BCUT2D eigenvalue weighted by molar-refractivity contribution is 0.143. The third-order valence-corrected chi connectivity index (χ3v) is 1.47. The van der Waals surface area contributed by atoms with Crippen LogP contribution in [0.1, 0.15) is 12.8 Å². The van der Waals surface area contributed by atoms with Crippen LogP contribution < -0.4 is 0 Å². The predicted molar refractivity (Wildman–Crippen MR) is 33.5 cm³/mol. The Labute approximate surface area is 49.3 Å². The Morgan fingerprint density at radius 3 is 2.75 bits per heavy atom. The SMILES string of the molecule is C=CC1(O)C=CCC1. The van der Waals surface area contributed by atoms with E-state index in [0.717, 1.165) is 12.8 Å². The highest BCUT2D eigenvalue weighted by Gasteiger charge is 2.20. The first kappa shape index (κ1) is 5.57. The maximum absolute atomic E-state index is 9.30. The van der Waals surface area contributed by atoms with Crippen LogP contribution in [0.3, 0.4) is 0 Å². The molecule has 0 fully saturated rings. The van der Waals surface area contributed by atoms with Crippen LogP contribution in [-0.4, -0.2) is 10.7 Å². The molecule has 0 heterocycles. The van der Waals surface area contributed by atoms with E-state index < -0.39 is 5.60 Å². The molecule has 0 aromatic rings. The molecule has 1 nitrogen and oxygen atoms in total.